The van der Waals surface area contributed by atoms with Crippen LogP contribution in [0.25, 0.3) is 0 Å². The van der Waals surface area contributed by atoms with Crippen LogP contribution in [0.4, 0.5) is 4.79 Å². The fourth-order valence-corrected chi connectivity index (χ4v) is 2.69. The highest BCUT2D eigenvalue weighted by Crippen LogP contribution is 2.39. The van der Waals surface area contributed by atoms with Crippen LogP contribution in [-0.2, 0) is 6.42 Å². The van der Waals surface area contributed by atoms with Crippen molar-refractivity contribution in [1.82, 2.24) is 4.90 Å². The minimum atomic E-state index is -0.997. The molecule has 2 atom stereocenters. The molecular weight excluding hydrogens is 230 g/mol. The van der Waals surface area contributed by atoms with Gasteiger partial charge in [-0.3, -0.25) is 4.90 Å². The molecule has 0 saturated heterocycles. The molecule has 0 unspecified atom stereocenters. The zero-order valence-corrected chi connectivity index (χ0v) is 10.9. The molecule has 2 rings (SSSR count). The first-order valence-corrected chi connectivity index (χ1v) is 6.10. The average Bonchev–Trinajstić information content (AvgIpc) is 2.54. The molecule has 0 spiro atoms. The number of nitrogens with zero attached hydrogens (tertiary/aromatic N) is 1. The van der Waals surface area contributed by atoms with Gasteiger partial charge in [-0.05, 0) is 31.9 Å². The van der Waals surface area contributed by atoms with Crippen molar-refractivity contribution in [3.8, 4) is 0 Å². The summed E-state index contributed by atoms with van der Waals surface area (Å²) in [6, 6.07) is 7.17. The number of carboxylic acid groups (broad SMARTS) is 1. The zero-order valence-electron chi connectivity index (χ0n) is 10.9. The van der Waals surface area contributed by atoms with E-state index in [1.807, 2.05) is 45.0 Å². The largest absolute Gasteiger partial charge is 0.465 e. The van der Waals surface area contributed by atoms with Gasteiger partial charge in [-0.25, -0.2) is 4.79 Å². The molecule has 4 heteroatoms. The van der Waals surface area contributed by atoms with Crippen molar-refractivity contribution in [3.63, 3.8) is 0 Å². The van der Waals surface area contributed by atoms with Gasteiger partial charge in [0.25, 0.3) is 0 Å². The van der Waals surface area contributed by atoms with E-state index in [0.29, 0.717) is 6.42 Å². The van der Waals surface area contributed by atoms with E-state index in [9.17, 15) is 15.0 Å². The fraction of sp³-hybridized carbons (Fsp3) is 0.500. The molecule has 1 aliphatic carbocycles. The Bertz CT molecular complexity index is 464. The van der Waals surface area contributed by atoms with Crippen molar-refractivity contribution in [1.29, 1.82) is 0 Å². The lowest BCUT2D eigenvalue weighted by atomic mass is 9.99. The lowest BCUT2D eigenvalue weighted by Crippen LogP contribution is -2.49. The second-order valence-corrected chi connectivity index (χ2v) is 5.74. The van der Waals surface area contributed by atoms with Crippen molar-refractivity contribution >= 4 is 6.09 Å². The Kier molecular flexibility index (Phi) is 3.07. The molecule has 18 heavy (non-hydrogen) atoms. The maximum Gasteiger partial charge on any atom is 0.408 e. The van der Waals surface area contributed by atoms with Crippen LogP contribution >= 0.6 is 0 Å². The first-order valence-electron chi connectivity index (χ1n) is 6.10. The number of carbonyl (C=O) groups is 1. The molecule has 1 aliphatic rings. The molecule has 0 bridgehead atoms. The first-order chi connectivity index (χ1) is 8.32. The van der Waals surface area contributed by atoms with Crippen molar-refractivity contribution in [2.75, 3.05) is 0 Å². The lowest BCUT2D eigenvalue weighted by Gasteiger charge is -2.39. The summed E-state index contributed by atoms with van der Waals surface area (Å²) >= 11 is 0. The molecule has 0 heterocycles. The quantitative estimate of drug-likeness (QED) is 0.803. The standard InChI is InChI=1S/C14H19NO3/c1-14(2,3)15(13(17)18)12-10-7-5-4-6-9(10)8-11(12)16/h4-7,11-12,16H,8H2,1-3H3,(H,17,18)/t11-,12+/m1/s1. The highest BCUT2D eigenvalue weighted by atomic mass is 16.4. The van der Waals surface area contributed by atoms with Crippen LogP contribution in [0.15, 0.2) is 24.3 Å². The molecular formula is C14H19NO3. The van der Waals surface area contributed by atoms with Crippen LogP contribution in [0.1, 0.15) is 37.9 Å². The topological polar surface area (TPSA) is 60.8 Å². The third-order valence-electron chi connectivity index (χ3n) is 3.37. The van der Waals surface area contributed by atoms with Gasteiger partial charge in [0.05, 0.1) is 12.1 Å². The monoisotopic (exact) mass is 249 g/mol. The third-order valence-corrected chi connectivity index (χ3v) is 3.37. The number of aliphatic hydroxyl groups excluding tert-OH is 1. The number of rotatable bonds is 1. The summed E-state index contributed by atoms with van der Waals surface area (Å²) in [5.41, 5.74) is 1.40. The van der Waals surface area contributed by atoms with Gasteiger partial charge in [-0.2, -0.15) is 0 Å². The molecule has 0 aromatic heterocycles. The summed E-state index contributed by atoms with van der Waals surface area (Å²) in [6.45, 7) is 5.53. The summed E-state index contributed by atoms with van der Waals surface area (Å²) in [5.74, 6) is 0. The van der Waals surface area contributed by atoms with Gasteiger partial charge < -0.3 is 10.2 Å². The van der Waals surface area contributed by atoms with E-state index in [1.165, 1.54) is 4.90 Å². The van der Waals surface area contributed by atoms with E-state index >= 15 is 0 Å². The number of amides is 1. The van der Waals surface area contributed by atoms with Gasteiger partial charge in [0.15, 0.2) is 0 Å². The van der Waals surface area contributed by atoms with Crippen LogP contribution in [-0.4, -0.2) is 32.8 Å². The van der Waals surface area contributed by atoms with Crippen molar-refractivity contribution in [2.45, 2.75) is 44.9 Å². The number of fused-ring (bicyclic) bond motifs is 1. The molecule has 98 valence electrons. The Morgan fingerprint density at radius 2 is 1.94 bits per heavy atom. The van der Waals surface area contributed by atoms with Gasteiger partial charge in [-0.15, -0.1) is 0 Å². The Hall–Kier alpha value is -1.55. The highest BCUT2D eigenvalue weighted by molar-refractivity contribution is 5.67. The van der Waals surface area contributed by atoms with Crippen LogP contribution < -0.4 is 0 Å². The first kappa shape index (κ1) is 12.9. The number of aliphatic hydroxyl groups is 1. The minimum Gasteiger partial charge on any atom is -0.465 e. The number of hydrogen-bond acceptors (Lipinski definition) is 2. The Labute approximate surface area is 107 Å². The van der Waals surface area contributed by atoms with E-state index in [2.05, 4.69) is 0 Å². The second-order valence-electron chi connectivity index (χ2n) is 5.74. The van der Waals surface area contributed by atoms with Gasteiger partial charge in [0, 0.05) is 12.0 Å². The van der Waals surface area contributed by atoms with E-state index in [-0.39, 0.29) is 0 Å². The van der Waals surface area contributed by atoms with Crippen LogP contribution in [0.5, 0.6) is 0 Å². The molecule has 1 aromatic carbocycles. The molecule has 1 aromatic rings. The predicted octanol–water partition coefficient (Wildman–Crippen LogP) is 2.42. The average molecular weight is 249 g/mol. The van der Waals surface area contributed by atoms with Crippen LogP contribution in [0.2, 0.25) is 0 Å². The van der Waals surface area contributed by atoms with Crippen LogP contribution in [0.3, 0.4) is 0 Å². The molecule has 2 N–H and O–H groups in total. The molecule has 0 aliphatic heterocycles. The molecule has 0 fully saturated rings. The second kappa shape index (κ2) is 4.28. The normalized spacial score (nSPS) is 22.7. The van der Waals surface area contributed by atoms with Gasteiger partial charge in [-0.1, -0.05) is 24.3 Å². The van der Waals surface area contributed by atoms with Crippen molar-refractivity contribution < 1.29 is 15.0 Å². The third kappa shape index (κ3) is 2.08. The summed E-state index contributed by atoms with van der Waals surface area (Å²) in [7, 11) is 0. The van der Waals surface area contributed by atoms with Crippen molar-refractivity contribution in [2.24, 2.45) is 0 Å². The van der Waals surface area contributed by atoms with Gasteiger partial charge in [0.1, 0.15) is 0 Å². The minimum absolute atomic E-state index is 0.473. The Morgan fingerprint density at radius 3 is 2.50 bits per heavy atom. The Balaban J connectivity index is 2.46. The molecule has 0 radical (unpaired) electrons. The van der Waals surface area contributed by atoms with Crippen molar-refractivity contribution in [3.05, 3.63) is 35.4 Å². The Morgan fingerprint density at radius 1 is 1.33 bits per heavy atom. The van der Waals surface area contributed by atoms with Crippen LogP contribution in [0, 0.1) is 0 Å². The van der Waals surface area contributed by atoms with E-state index in [1.54, 1.807) is 0 Å². The zero-order chi connectivity index (χ0) is 13.5. The van der Waals surface area contributed by atoms with E-state index in [0.717, 1.165) is 11.1 Å². The molecule has 0 saturated carbocycles. The van der Waals surface area contributed by atoms with E-state index < -0.39 is 23.8 Å². The predicted molar refractivity (Wildman–Crippen MR) is 68.5 cm³/mol. The summed E-state index contributed by atoms with van der Waals surface area (Å²) in [4.78, 5) is 12.9. The maximum absolute atomic E-state index is 11.5. The summed E-state index contributed by atoms with van der Waals surface area (Å²) in [5, 5.41) is 19.6. The summed E-state index contributed by atoms with van der Waals surface area (Å²) in [6.07, 6.45) is -1.15. The number of benzene rings is 1. The highest BCUT2D eigenvalue weighted by Gasteiger charge is 2.42. The van der Waals surface area contributed by atoms with Gasteiger partial charge >= 0.3 is 6.09 Å². The number of hydrogen-bond donors (Lipinski definition) is 2. The smallest absolute Gasteiger partial charge is 0.408 e. The SMILES string of the molecule is CC(C)(C)N(C(=O)O)[C@H]1c2ccccc2C[C@H]1O. The maximum atomic E-state index is 11.5. The van der Waals surface area contributed by atoms with E-state index in [4.69, 9.17) is 0 Å². The lowest BCUT2D eigenvalue weighted by molar-refractivity contribution is 0.0149. The summed E-state index contributed by atoms with van der Waals surface area (Å²) < 4.78 is 0. The molecule has 1 amide bonds. The fourth-order valence-electron chi connectivity index (χ4n) is 2.69. The molecule has 4 nitrogen and oxygen atoms in total. The van der Waals surface area contributed by atoms with Gasteiger partial charge in [0.2, 0.25) is 0 Å².